The van der Waals surface area contributed by atoms with Crippen molar-refractivity contribution in [3.8, 4) is 11.5 Å². The summed E-state index contributed by atoms with van der Waals surface area (Å²) in [6.45, 7) is 2.74. The largest absolute Gasteiger partial charge is 0.454 e. The van der Waals surface area contributed by atoms with Gasteiger partial charge in [0, 0.05) is 39.0 Å². The lowest BCUT2D eigenvalue weighted by Gasteiger charge is -2.16. The number of rotatable bonds is 7. The maximum Gasteiger partial charge on any atom is 0.231 e. The van der Waals surface area contributed by atoms with E-state index in [-0.39, 0.29) is 18.5 Å². The van der Waals surface area contributed by atoms with Crippen LogP contribution in [0.1, 0.15) is 24.2 Å². The van der Waals surface area contributed by atoms with Gasteiger partial charge >= 0.3 is 0 Å². The number of ether oxygens (including phenoxy) is 2. The van der Waals surface area contributed by atoms with Gasteiger partial charge in [-0.2, -0.15) is 0 Å². The van der Waals surface area contributed by atoms with E-state index in [9.17, 15) is 8.42 Å². The molecular weight excluding hydrogens is 342 g/mol. The number of aryl methyl sites for hydroxylation is 1. The van der Waals surface area contributed by atoms with Crippen molar-refractivity contribution < 1.29 is 17.9 Å². The average Bonchev–Trinajstić information content (AvgIpc) is 3.21. The van der Waals surface area contributed by atoms with Gasteiger partial charge in [0.15, 0.2) is 11.5 Å². The Morgan fingerprint density at radius 2 is 2.04 bits per heavy atom. The first-order valence-electron chi connectivity index (χ1n) is 8.16. The normalized spacial score (nSPS) is 14.9. The van der Waals surface area contributed by atoms with E-state index in [4.69, 9.17) is 9.47 Å². The molecule has 0 N–H and O–H groups in total. The number of fused-ring (bicyclic) bond motifs is 1. The second-order valence-corrected chi connectivity index (χ2v) is 8.67. The van der Waals surface area contributed by atoms with Crippen LogP contribution in [0.25, 0.3) is 0 Å². The fourth-order valence-electron chi connectivity index (χ4n) is 2.85. The molecule has 1 aromatic carbocycles. The predicted molar refractivity (Wildman–Crippen MR) is 94.4 cm³/mol. The van der Waals surface area contributed by atoms with Crippen molar-refractivity contribution in [3.63, 3.8) is 0 Å². The average molecular weight is 365 g/mol. The quantitative estimate of drug-likeness (QED) is 0.749. The lowest BCUT2D eigenvalue weighted by atomic mass is 10.00. The zero-order valence-corrected chi connectivity index (χ0v) is 15.5. The Bertz CT molecular complexity index is 845. The van der Waals surface area contributed by atoms with Crippen LogP contribution in [-0.2, 0) is 23.0 Å². The number of imidazole rings is 1. The van der Waals surface area contributed by atoms with Crippen LogP contribution in [0.5, 0.6) is 11.5 Å². The highest BCUT2D eigenvalue weighted by Gasteiger charge is 2.19. The smallest absolute Gasteiger partial charge is 0.231 e. The molecule has 0 amide bonds. The number of hydrogen-bond acceptors (Lipinski definition) is 5. The zero-order chi connectivity index (χ0) is 18.0. The van der Waals surface area contributed by atoms with Gasteiger partial charge < -0.3 is 14.0 Å². The minimum absolute atomic E-state index is 0.0557. The molecule has 0 aliphatic carbocycles. The molecule has 3 rings (SSSR count). The monoisotopic (exact) mass is 365 g/mol. The number of aromatic nitrogens is 2. The first-order chi connectivity index (χ1) is 11.9. The third-order valence-electron chi connectivity index (χ3n) is 4.31. The van der Waals surface area contributed by atoms with E-state index in [0.717, 1.165) is 29.3 Å². The van der Waals surface area contributed by atoms with E-state index in [1.54, 1.807) is 20.3 Å². The molecule has 2 aromatic rings. The Morgan fingerprint density at radius 1 is 1.28 bits per heavy atom. The summed E-state index contributed by atoms with van der Waals surface area (Å²) < 4.78 is 37.9. The van der Waals surface area contributed by atoms with Crippen molar-refractivity contribution >= 4 is 10.0 Å². The molecule has 7 nitrogen and oxygen atoms in total. The van der Waals surface area contributed by atoms with Crippen LogP contribution in [0, 0.1) is 0 Å². The van der Waals surface area contributed by atoms with E-state index in [2.05, 4.69) is 11.9 Å². The lowest BCUT2D eigenvalue weighted by molar-refractivity contribution is 0.174. The van der Waals surface area contributed by atoms with Gasteiger partial charge in [-0.25, -0.2) is 17.7 Å². The van der Waals surface area contributed by atoms with Crippen molar-refractivity contribution in [1.29, 1.82) is 0 Å². The Kier molecular flexibility index (Phi) is 5.01. The maximum atomic E-state index is 12.0. The predicted octanol–water partition coefficient (Wildman–Crippen LogP) is 1.85. The highest BCUT2D eigenvalue weighted by Crippen LogP contribution is 2.33. The molecule has 2 heterocycles. The van der Waals surface area contributed by atoms with E-state index < -0.39 is 10.0 Å². The highest BCUT2D eigenvalue weighted by atomic mass is 32.2. The number of benzene rings is 1. The summed E-state index contributed by atoms with van der Waals surface area (Å²) in [5.74, 6) is 2.63. The number of nitrogens with zero attached hydrogens (tertiary/aromatic N) is 3. The molecule has 0 fully saturated rings. The van der Waals surface area contributed by atoms with E-state index in [0.29, 0.717) is 6.54 Å². The van der Waals surface area contributed by atoms with E-state index >= 15 is 0 Å². The Labute approximate surface area is 148 Å². The summed E-state index contributed by atoms with van der Waals surface area (Å²) in [7, 11) is -0.132. The second-order valence-electron chi connectivity index (χ2n) is 6.37. The fourth-order valence-corrected chi connectivity index (χ4v) is 3.64. The number of hydrogen-bond donors (Lipinski definition) is 0. The van der Waals surface area contributed by atoms with Crippen molar-refractivity contribution in [1.82, 2.24) is 13.9 Å². The molecule has 0 bridgehead atoms. The van der Waals surface area contributed by atoms with Gasteiger partial charge in [0.05, 0.1) is 5.75 Å². The minimum Gasteiger partial charge on any atom is -0.454 e. The molecule has 0 spiro atoms. The van der Waals surface area contributed by atoms with Crippen LogP contribution in [-0.4, -0.2) is 48.9 Å². The van der Waals surface area contributed by atoms with Crippen LogP contribution >= 0.6 is 0 Å². The van der Waals surface area contributed by atoms with Crippen LogP contribution < -0.4 is 9.47 Å². The van der Waals surface area contributed by atoms with Gasteiger partial charge in [-0.3, -0.25) is 0 Å². The van der Waals surface area contributed by atoms with Gasteiger partial charge in [-0.05, 0) is 24.1 Å². The standard InChI is InChI=1S/C17H23N3O4S/c1-13(10-14-4-5-15-16(11-14)24-12-23-15)17-18-6-7-20(17)8-9-25(21,22)19(2)3/h4-7,11,13H,8-10,12H2,1-3H3/t13-/m0/s1. The minimum atomic E-state index is -3.23. The summed E-state index contributed by atoms with van der Waals surface area (Å²) in [6.07, 6.45) is 4.33. The topological polar surface area (TPSA) is 73.7 Å². The van der Waals surface area contributed by atoms with Gasteiger partial charge in [-0.1, -0.05) is 13.0 Å². The Balaban J connectivity index is 1.69. The molecule has 8 heteroatoms. The fraction of sp³-hybridized carbons (Fsp3) is 0.471. The van der Waals surface area contributed by atoms with Crippen molar-refractivity contribution in [2.75, 3.05) is 26.6 Å². The summed E-state index contributed by atoms with van der Waals surface area (Å²) in [6, 6.07) is 5.93. The van der Waals surface area contributed by atoms with Crippen LogP contribution in [0.3, 0.4) is 0 Å². The molecule has 1 aliphatic heterocycles. The third kappa shape index (κ3) is 3.96. The van der Waals surface area contributed by atoms with Crippen LogP contribution in [0.2, 0.25) is 0 Å². The van der Waals surface area contributed by atoms with E-state index in [1.807, 2.05) is 29.0 Å². The first kappa shape index (κ1) is 17.8. The third-order valence-corrected chi connectivity index (χ3v) is 6.12. The molecule has 1 aliphatic rings. The summed E-state index contributed by atoms with van der Waals surface area (Å²) in [5.41, 5.74) is 1.13. The molecule has 25 heavy (non-hydrogen) atoms. The van der Waals surface area contributed by atoms with Gasteiger partial charge in [0.1, 0.15) is 5.82 Å². The van der Waals surface area contributed by atoms with Crippen molar-refractivity contribution in [2.24, 2.45) is 0 Å². The van der Waals surface area contributed by atoms with Gasteiger partial charge in [0.25, 0.3) is 0 Å². The summed E-state index contributed by atoms with van der Waals surface area (Å²) >= 11 is 0. The number of sulfonamides is 1. The molecule has 0 unspecified atom stereocenters. The SMILES string of the molecule is C[C@@H](Cc1ccc2c(c1)OCO2)c1nccn1CCS(=O)(=O)N(C)C. The van der Waals surface area contributed by atoms with Gasteiger partial charge in [-0.15, -0.1) is 0 Å². The Hall–Kier alpha value is -2.06. The highest BCUT2D eigenvalue weighted by molar-refractivity contribution is 7.89. The molecule has 0 saturated heterocycles. The second kappa shape index (κ2) is 7.05. The molecule has 0 saturated carbocycles. The lowest BCUT2D eigenvalue weighted by Crippen LogP contribution is -2.27. The maximum absolute atomic E-state index is 12.0. The molecule has 0 radical (unpaired) electrons. The summed E-state index contributed by atoms with van der Waals surface area (Å²) in [4.78, 5) is 4.43. The molecule has 1 atom stereocenters. The van der Waals surface area contributed by atoms with Gasteiger partial charge in [0.2, 0.25) is 16.8 Å². The van der Waals surface area contributed by atoms with Crippen molar-refractivity contribution in [3.05, 3.63) is 42.0 Å². The molecule has 136 valence electrons. The van der Waals surface area contributed by atoms with Crippen LogP contribution in [0.4, 0.5) is 0 Å². The van der Waals surface area contributed by atoms with Crippen LogP contribution in [0.15, 0.2) is 30.6 Å². The molecule has 1 aromatic heterocycles. The Morgan fingerprint density at radius 3 is 2.80 bits per heavy atom. The first-order valence-corrected chi connectivity index (χ1v) is 9.77. The molecular formula is C17H23N3O4S. The van der Waals surface area contributed by atoms with Crippen molar-refractivity contribution in [2.45, 2.75) is 25.8 Å². The summed E-state index contributed by atoms with van der Waals surface area (Å²) in [5, 5.41) is 0. The zero-order valence-electron chi connectivity index (χ0n) is 14.7. The van der Waals surface area contributed by atoms with E-state index in [1.165, 1.54) is 4.31 Å².